The maximum Gasteiger partial charge on any atom is 0.226 e. The van der Waals surface area contributed by atoms with Gasteiger partial charge in [0.2, 0.25) is 11.8 Å². The van der Waals surface area contributed by atoms with Gasteiger partial charge in [-0.2, -0.15) is 0 Å². The van der Waals surface area contributed by atoms with Crippen LogP contribution in [0.3, 0.4) is 0 Å². The standard InChI is InChI=1S/C21H26N2O2/c1-15(2)18-7-9-19(10-8-18)22-21(25)13-14-23(17(4)24)20-11-5-16(3)6-12-20/h5-12,15H,13-14H2,1-4H3,(H,22,25). The summed E-state index contributed by atoms with van der Waals surface area (Å²) < 4.78 is 0. The fourth-order valence-corrected chi connectivity index (χ4v) is 2.58. The average Bonchev–Trinajstić information content (AvgIpc) is 2.57. The maximum atomic E-state index is 12.2. The van der Waals surface area contributed by atoms with E-state index in [1.54, 1.807) is 4.90 Å². The van der Waals surface area contributed by atoms with Crippen LogP contribution in [0.5, 0.6) is 0 Å². The Bertz CT molecular complexity index is 719. The molecule has 0 saturated heterocycles. The molecule has 0 fully saturated rings. The molecule has 1 N–H and O–H groups in total. The molecule has 4 heteroatoms. The zero-order valence-corrected chi connectivity index (χ0v) is 15.4. The molecule has 0 saturated carbocycles. The van der Waals surface area contributed by atoms with E-state index in [-0.39, 0.29) is 18.2 Å². The Labute approximate surface area is 149 Å². The monoisotopic (exact) mass is 338 g/mol. The molecule has 0 aromatic heterocycles. The largest absolute Gasteiger partial charge is 0.326 e. The zero-order valence-electron chi connectivity index (χ0n) is 15.4. The molecular weight excluding hydrogens is 312 g/mol. The average molecular weight is 338 g/mol. The highest BCUT2D eigenvalue weighted by Crippen LogP contribution is 2.18. The zero-order chi connectivity index (χ0) is 18.4. The summed E-state index contributed by atoms with van der Waals surface area (Å²) in [5.74, 6) is 0.289. The Balaban J connectivity index is 1.94. The summed E-state index contributed by atoms with van der Waals surface area (Å²) in [7, 11) is 0. The van der Waals surface area contributed by atoms with Crippen LogP contribution in [0.1, 0.15) is 44.2 Å². The quantitative estimate of drug-likeness (QED) is 0.843. The molecule has 0 spiro atoms. The summed E-state index contributed by atoms with van der Waals surface area (Å²) in [4.78, 5) is 25.7. The van der Waals surface area contributed by atoms with Gasteiger partial charge in [0, 0.05) is 31.3 Å². The van der Waals surface area contributed by atoms with Gasteiger partial charge in [0.05, 0.1) is 0 Å². The molecule has 0 atom stereocenters. The van der Waals surface area contributed by atoms with E-state index >= 15 is 0 Å². The predicted octanol–water partition coefficient (Wildman–Crippen LogP) is 4.50. The van der Waals surface area contributed by atoms with Crippen LogP contribution in [0, 0.1) is 6.92 Å². The van der Waals surface area contributed by atoms with Crippen LogP contribution in [0.2, 0.25) is 0 Å². The summed E-state index contributed by atoms with van der Waals surface area (Å²) in [5, 5.41) is 2.89. The summed E-state index contributed by atoms with van der Waals surface area (Å²) in [5.41, 5.74) is 3.96. The van der Waals surface area contributed by atoms with E-state index in [1.807, 2.05) is 55.5 Å². The second-order valence-electron chi connectivity index (χ2n) is 6.58. The smallest absolute Gasteiger partial charge is 0.226 e. The van der Waals surface area contributed by atoms with Crippen molar-refractivity contribution in [2.75, 3.05) is 16.8 Å². The minimum absolute atomic E-state index is 0.0714. The second-order valence-corrected chi connectivity index (χ2v) is 6.58. The number of anilines is 2. The topological polar surface area (TPSA) is 49.4 Å². The van der Waals surface area contributed by atoms with Gasteiger partial charge in [-0.3, -0.25) is 9.59 Å². The van der Waals surface area contributed by atoms with Gasteiger partial charge in [-0.1, -0.05) is 43.7 Å². The van der Waals surface area contributed by atoms with E-state index < -0.39 is 0 Å². The Kier molecular flexibility index (Phi) is 6.34. The molecular formula is C21H26N2O2. The number of carbonyl (C=O) groups is 2. The lowest BCUT2D eigenvalue weighted by atomic mass is 10.0. The second kappa shape index (κ2) is 8.47. The lowest BCUT2D eigenvalue weighted by Gasteiger charge is -2.21. The summed E-state index contributed by atoms with van der Waals surface area (Å²) in [6, 6.07) is 15.6. The van der Waals surface area contributed by atoms with Gasteiger partial charge in [0.1, 0.15) is 0 Å². The summed E-state index contributed by atoms with van der Waals surface area (Å²) in [6.45, 7) is 8.14. The van der Waals surface area contributed by atoms with E-state index in [0.29, 0.717) is 12.5 Å². The Morgan fingerprint density at radius 1 is 1.00 bits per heavy atom. The van der Waals surface area contributed by atoms with Crippen LogP contribution in [0.4, 0.5) is 11.4 Å². The molecule has 0 unspecified atom stereocenters. The highest BCUT2D eigenvalue weighted by Gasteiger charge is 2.13. The van der Waals surface area contributed by atoms with Crippen molar-refractivity contribution in [3.05, 3.63) is 59.7 Å². The number of benzene rings is 2. The number of hydrogen-bond acceptors (Lipinski definition) is 2. The van der Waals surface area contributed by atoms with E-state index in [9.17, 15) is 9.59 Å². The lowest BCUT2D eigenvalue weighted by molar-refractivity contribution is -0.117. The molecule has 2 aromatic rings. The summed E-state index contributed by atoms with van der Waals surface area (Å²) >= 11 is 0. The van der Waals surface area contributed by atoms with Crippen LogP contribution in [0.25, 0.3) is 0 Å². The van der Waals surface area contributed by atoms with Crippen LogP contribution in [0.15, 0.2) is 48.5 Å². The van der Waals surface area contributed by atoms with Crippen LogP contribution in [-0.2, 0) is 9.59 Å². The normalized spacial score (nSPS) is 10.6. The van der Waals surface area contributed by atoms with Gasteiger partial charge in [0.25, 0.3) is 0 Å². The fraction of sp³-hybridized carbons (Fsp3) is 0.333. The molecule has 132 valence electrons. The molecule has 2 amide bonds. The molecule has 25 heavy (non-hydrogen) atoms. The van der Waals surface area contributed by atoms with E-state index in [2.05, 4.69) is 19.2 Å². The van der Waals surface area contributed by atoms with Crippen molar-refractivity contribution in [1.82, 2.24) is 0 Å². The molecule has 0 aliphatic carbocycles. The van der Waals surface area contributed by atoms with Crippen molar-refractivity contribution in [1.29, 1.82) is 0 Å². The van der Waals surface area contributed by atoms with Crippen molar-refractivity contribution in [3.8, 4) is 0 Å². The van der Waals surface area contributed by atoms with Crippen molar-refractivity contribution in [2.45, 2.75) is 40.0 Å². The SMILES string of the molecule is CC(=O)N(CCC(=O)Nc1ccc(C(C)C)cc1)c1ccc(C)cc1. The van der Waals surface area contributed by atoms with Gasteiger partial charge in [0.15, 0.2) is 0 Å². The van der Waals surface area contributed by atoms with Gasteiger partial charge in [-0.05, 0) is 42.7 Å². The number of aryl methyl sites for hydroxylation is 1. The first-order chi connectivity index (χ1) is 11.9. The van der Waals surface area contributed by atoms with Crippen LogP contribution in [-0.4, -0.2) is 18.4 Å². The predicted molar refractivity (Wildman–Crippen MR) is 103 cm³/mol. The highest BCUT2D eigenvalue weighted by atomic mass is 16.2. The summed E-state index contributed by atoms with van der Waals surface area (Å²) in [6.07, 6.45) is 0.249. The molecule has 2 aromatic carbocycles. The Morgan fingerprint density at radius 3 is 2.12 bits per heavy atom. The maximum absolute atomic E-state index is 12.2. The van der Waals surface area contributed by atoms with Crippen molar-refractivity contribution < 1.29 is 9.59 Å². The Hall–Kier alpha value is -2.62. The first kappa shape index (κ1) is 18.7. The van der Waals surface area contributed by atoms with Gasteiger partial charge < -0.3 is 10.2 Å². The molecule has 4 nitrogen and oxygen atoms in total. The van der Waals surface area contributed by atoms with Crippen molar-refractivity contribution in [2.24, 2.45) is 0 Å². The Morgan fingerprint density at radius 2 is 1.60 bits per heavy atom. The van der Waals surface area contributed by atoms with Crippen molar-refractivity contribution in [3.63, 3.8) is 0 Å². The first-order valence-electron chi connectivity index (χ1n) is 8.61. The third kappa shape index (κ3) is 5.45. The molecule has 0 heterocycles. The molecule has 0 radical (unpaired) electrons. The molecule has 0 aliphatic heterocycles. The lowest BCUT2D eigenvalue weighted by Crippen LogP contribution is -2.31. The van der Waals surface area contributed by atoms with Crippen molar-refractivity contribution >= 4 is 23.2 Å². The number of amides is 2. The number of nitrogens with zero attached hydrogens (tertiary/aromatic N) is 1. The van der Waals surface area contributed by atoms with E-state index in [0.717, 1.165) is 16.9 Å². The van der Waals surface area contributed by atoms with E-state index in [4.69, 9.17) is 0 Å². The minimum atomic E-state index is -0.101. The minimum Gasteiger partial charge on any atom is -0.326 e. The highest BCUT2D eigenvalue weighted by molar-refractivity contribution is 5.94. The number of hydrogen-bond donors (Lipinski definition) is 1. The number of carbonyl (C=O) groups excluding carboxylic acids is 2. The van der Waals surface area contributed by atoms with Gasteiger partial charge in [-0.15, -0.1) is 0 Å². The number of rotatable bonds is 6. The third-order valence-electron chi connectivity index (χ3n) is 4.15. The number of nitrogens with one attached hydrogen (secondary N) is 1. The van der Waals surface area contributed by atoms with Crippen LogP contribution >= 0.6 is 0 Å². The van der Waals surface area contributed by atoms with Crippen LogP contribution < -0.4 is 10.2 Å². The van der Waals surface area contributed by atoms with E-state index in [1.165, 1.54) is 12.5 Å². The molecule has 0 bridgehead atoms. The van der Waals surface area contributed by atoms with Gasteiger partial charge in [-0.25, -0.2) is 0 Å². The first-order valence-corrected chi connectivity index (χ1v) is 8.61. The fourth-order valence-electron chi connectivity index (χ4n) is 2.58. The van der Waals surface area contributed by atoms with Gasteiger partial charge >= 0.3 is 0 Å². The third-order valence-corrected chi connectivity index (χ3v) is 4.15. The molecule has 0 aliphatic rings. The molecule has 2 rings (SSSR count).